The third kappa shape index (κ3) is 1.23. The second-order valence-corrected chi connectivity index (χ2v) is 6.76. The van der Waals surface area contributed by atoms with E-state index in [0.29, 0.717) is 0 Å². The van der Waals surface area contributed by atoms with Crippen molar-refractivity contribution in [3.63, 3.8) is 0 Å². The third-order valence-corrected chi connectivity index (χ3v) is 6.18. The molecule has 3 aliphatic heterocycles. The normalized spacial score (nSPS) is 25.0. The van der Waals surface area contributed by atoms with Gasteiger partial charge in [-0.3, -0.25) is 0 Å². The van der Waals surface area contributed by atoms with Crippen molar-refractivity contribution in [2.45, 2.75) is 0 Å². The van der Waals surface area contributed by atoms with Crippen LogP contribution in [-0.2, 0) is 0 Å². The predicted octanol–water partition coefficient (Wildman–Crippen LogP) is 3.17. The molecule has 0 saturated heterocycles. The lowest BCUT2D eigenvalue weighted by atomic mass is 10.3. The van der Waals surface area contributed by atoms with E-state index >= 15 is 0 Å². The first-order valence-corrected chi connectivity index (χ1v) is 8.23. The summed E-state index contributed by atoms with van der Waals surface area (Å²) in [5.41, 5.74) is 0. The van der Waals surface area contributed by atoms with Gasteiger partial charge in [-0.15, -0.1) is 0 Å². The highest BCUT2D eigenvalue weighted by Gasteiger charge is 2.37. The molecule has 0 aromatic rings. The average Bonchev–Trinajstić information content (AvgIpc) is 2.82. The molecule has 0 unspecified atom stereocenters. The molecule has 0 aromatic carbocycles. The Labute approximate surface area is 102 Å². The second-order valence-electron chi connectivity index (χ2n) is 2.68. The maximum atomic E-state index is 6.27. The van der Waals surface area contributed by atoms with E-state index in [1.54, 1.807) is 21.6 Å². The van der Waals surface area contributed by atoms with Crippen molar-refractivity contribution in [2.24, 2.45) is 4.40 Å². The molecule has 0 aliphatic carbocycles. The Morgan fingerprint density at radius 3 is 2.86 bits per heavy atom. The van der Waals surface area contributed by atoms with E-state index < -0.39 is 0 Å². The maximum absolute atomic E-state index is 6.27. The van der Waals surface area contributed by atoms with Crippen molar-refractivity contribution >= 4 is 61.0 Å². The van der Waals surface area contributed by atoms with Gasteiger partial charge in [0.15, 0.2) is 11.7 Å². The minimum absolute atomic E-state index is 0.797. The topological polar surface area (TPSA) is 29.7 Å². The maximum Gasteiger partial charge on any atom is 0.159 e. The molecule has 1 radical (unpaired) electrons. The lowest BCUT2D eigenvalue weighted by Crippen LogP contribution is -2.31. The van der Waals surface area contributed by atoms with E-state index in [4.69, 9.17) is 11.6 Å². The summed E-state index contributed by atoms with van der Waals surface area (Å²) in [5, 5.41) is 0.797. The van der Waals surface area contributed by atoms with Crippen LogP contribution in [0.1, 0.15) is 0 Å². The van der Waals surface area contributed by atoms with Crippen LogP contribution in [0.4, 0.5) is 0 Å². The van der Waals surface area contributed by atoms with Gasteiger partial charge in [0.2, 0.25) is 0 Å². The van der Waals surface area contributed by atoms with Gasteiger partial charge in [-0.05, 0) is 21.6 Å². The van der Waals surface area contributed by atoms with E-state index in [-0.39, 0.29) is 0 Å². The number of likely N-dealkylation sites (N-methyl/N-ethyl adjacent to an activating group) is 1. The fourth-order valence-corrected chi connectivity index (χ4v) is 5.79. The van der Waals surface area contributed by atoms with E-state index in [2.05, 4.69) is 9.12 Å². The first kappa shape index (κ1) is 9.65. The fraction of sp³-hybridized carbons (Fsp3) is 0.167. The Hall–Kier alpha value is 0.440. The number of fused-ring (bicyclic) bond motifs is 1. The molecule has 73 valence electrons. The Bertz CT molecular complexity index is 402. The molecule has 0 atom stereocenters. The fourth-order valence-electron chi connectivity index (χ4n) is 1.24. The van der Waals surface area contributed by atoms with Crippen LogP contribution in [0.3, 0.4) is 0 Å². The van der Waals surface area contributed by atoms with Crippen molar-refractivity contribution < 1.29 is 0 Å². The van der Waals surface area contributed by atoms with Crippen LogP contribution in [-0.4, -0.2) is 17.8 Å². The van der Waals surface area contributed by atoms with Crippen LogP contribution in [0.5, 0.6) is 0 Å². The van der Waals surface area contributed by atoms with Gasteiger partial charge in [0.25, 0.3) is 0 Å². The number of halogens is 1. The summed E-state index contributed by atoms with van der Waals surface area (Å²) < 4.78 is 8.63. The predicted molar refractivity (Wildman–Crippen MR) is 67.6 cm³/mol. The largest absolute Gasteiger partial charge is 0.311 e. The Kier molecular flexibility index (Phi) is 2.40. The summed E-state index contributed by atoms with van der Waals surface area (Å²) in [5.74, 6) is 1.85. The monoisotopic (exact) mass is 280 g/mol. The molecule has 3 heterocycles. The zero-order chi connectivity index (χ0) is 9.71. The van der Waals surface area contributed by atoms with E-state index in [0.717, 1.165) is 26.5 Å². The Balaban J connectivity index is 2.17. The minimum Gasteiger partial charge on any atom is -0.311 e. The van der Waals surface area contributed by atoms with Crippen molar-refractivity contribution in [1.82, 2.24) is 9.62 Å². The molecule has 0 bridgehead atoms. The van der Waals surface area contributed by atoms with E-state index in [9.17, 15) is 0 Å². The molecule has 0 amide bonds. The van der Waals surface area contributed by atoms with Crippen LogP contribution in [0, 0.1) is 0 Å². The number of hydrogen-bond acceptors (Lipinski definition) is 6. The van der Waals surface area contributed by atoms with Gasteiger partial charge in [-0.2, -0.15) is 9.12 Å². The molecule has 3 rings (SSSR count). The SMILES string of the molecule is CN1C2=NSSC2=C(Cl)C2=C1[N]SS2. The van der Waals surface area contributed by atoms with Crippen LogP contribution in [0.15, 0.2) is 25.1 Å². The highest BCUT2D eigenvalue weighted by atomic mass is 35.5. The van der Waals surface area contributed by atoms with Crippen LogP contribution in [0.2, 0.25) is 0 Å². The molecule has 3 nitrogen and oxygen atoms in total. The average molecular weight is 281 g/mol. The Morgan fingerprint density at radius 2 is 2.00 bits per heavy atom. The zero-order valence-corrected chi connectivity index (χ0v) is 10.9. The van der Waals surface area contributed by atoms with Crippen LogP contribution < -0.4 is 4.72 Å². The zero-order valence-electron chi connectivity index (χ0n) is 6.85. The quantitative estimate of drug-likeness (QED) is 0.502. The highest BCUT2D eigenvalue weighted by Crippen LogP contribution is 2.54. The molecule has 0 fully saturated rings. The van der Waals surface area contributed by atoms with Crippen molar-refractivity contribution in [3.05, 3.63) is 20.7 Å². The molecular formula is C6H3ClN3S4. The number of amidine groups is 1. The number of hydrogen-bond donors (Lipinski definition) is 0. The van der Waals surface area contributed by atoms with Crippen LogP contribution in [0.25, 0.3) is 0 Å². The van der Waals surface area contributed by atoms with Gasteiger partial charge in [0, 0.05) is 7.05 Å². The molecule has 8 heteroatoms. The standard InChI is InChI=1S/C6H3ClN3S4/c1-10-5-3(11-13-8-5)2(7)4-6(10)9-14-12-4/h1H3. The first-order valence-electron chi connectivity index (χ1n) is 3.64. The highest BCUT2D eigenvalue weighted by molar-refractivity contribution is 8.79. The Morgan fingerprint density at radius 1 is 1.21 bits per heavy atom. The van der Waals surface area contributed by atoms with Crippen molar-refractivity contribution in [3.8, 4) is 0 Å². The van der Waals surface area contributed by atoms with Gasteiger partial charge in [-0.1, -0.05) is 11.6 Å². The van der Waals surface area contributed by atoms with Gasteiger partial charge < -0.3 is 4.90 Å². The summed E-state index contributed by atoms with van der Waals surface area (Å²) in [6.07, 6.45) is 0. The molecule has 3 aliphatic rings. The number of allylic oxidation sites excluding steroid dienone is 1. The molecule has 0 saturated carbocycles. The lowest BCUT2D eigenvalue weighted by Gasteiger charge is -2.24. The molecule has 0 aromatic heterocycles. The summed E-state index contributed by atoms with van der Waals surface area (Å²) in [6, 6.07) is 0. The minimum atomic E-state index is 0.797. The number of nitrogens with zero attached hydrogens (tertiary/aromatic N) is 3. The summed E-state index contributed by atoms with van der Waals surface area (Å²) in [7, 11) is 8.11. The summed E-state index contributed by atoms with van der Waals surface area (Å²) in [4.78, 5) is 4.11. The van der Waals surface area contributed by atoms with E-state index in [1.807, 2.05) is 11.9 Å². The first-order chi connectivity index (χ1) is 6.79. The summed E-state index contributed by atoms with van der Waals surface area (Å²) >= 11 is 6.27. The van der Waals surface area contributed by atoms with Gasteiger partial charge in [-0.25, -0.2) is 0 Å². The third-order valence-electron chi connectivity index (χ3n) is 1.93. The van der Waals surface area contributed by atoms with Crippen molar-refractivity contribution in [1.29, 1.82) is 0 Å². The summed E-state index contributed by atoms with van der Waals surface area (Å²) in [6.45, 7) is 0. The van der Waals surface area contributed by atoms with Gasteiger partial charge in [0.1, 0.15) is 0 Å². The second kappa shape index (κ2) is 3.48. The van der Waals surface area contributed by atoms with Gasteiger partial charge >= 0.3 is 0 Å². The molecule has 14 heavy (non-hydrogen) atoms. The molecule has 0 N–H and O–H groups in total. The van der Waals surface area contributed by atoms with E-state index in [1.165, 1.54) is 22.0 Å². The molecule has 0 spiro atoms. The van der Waals surface area contributed by atoms with Crippen molar-refractivity contribution in [2.75, 3.05) is 7.05 Å². The number of rotatable bonds is 0. The lowest BCUT2D eigenvalue weighted by molar-refractivity contribution is 0.599. The smallest absolute Gasteiger partial charge is 0.159 e. The van der Waals surface area contributed by atoms with Gasteiger partial charge in [0.05, 0.1) is 36.8 Å². The molecular weight excluding hydrogens is 278 g/mol. The van der Waals surface area contributed by atoms with Crippen LogP contribution >= 0.6 is 55.1 Å².